The van der Waals surface area contributed by atoms with Crippen molar-refractivity contribution in [3.05, 3.63) is 35.1 Å². The largest absolute Gasteiger partial charge is 0.392 e. The molecule has 1 aromatic rings. The van der Waals surface area contributed by atoms with E-state index in [-0.39, 0.29) is 11.9 Å². The molecule has 0 saturated carbocycles. The zero-order valence-electron chi connectivity index (χ0n) is 9.26. The molecule has 1 atom stereocenters. The normalized spacial score (nSPS) is 12.8. The van der Waals surface area contributed by atoms with Gasteiger partial charge in [-0.15, -0.1) is 0 Å². The maximum absolute atomic E-state index is 13.2. The molecule has 0 aliphatic rings. The lowest BCUT2D eigenvalue weighted by molar-refractivity contribution is 0.167. The van der Waals surface area contributed by atoms with E-state index in [0.717, 1.165) is 12.0 Å². The van der Waals surface area contributed by atoms with Crippen LogP contribution in [0.3, 0.4) is 0 Å². The lowest BCUT2D eigenvalue weighted by Crippen LogP contribution is -2.25. The van der Waals surface area contributed by atoms with E-state index in [4.69, 9.17) is 0 Å². The first-order chi connectivity index (χ1) is 7.13. The Morgan fingerprint density at radius 1 is 1.47 bits per heavy atom. The summed E-state index contributed by atoms with van der Waals surface area (Å²) in [6.45, 7) is 4.81. The number of benzene rings is 1. The first kappa shape index (κ1) is 12.1. The fourth-order valence-corrected chi connectivity index (χ4v) is 1.27. The molecule has 0 bridgehead atoms. The van der Waals surface area contributed by atoms with E-state index < -0.39 is 0 Å². The zero-order chi connectivity index (χ0) is 11.3. The fraction of sp³-hybridized carbons (Fsp3) is 0.500. The van der Waals surface area contributed by atoms with Gasteiger partial charge in [0.05, 0.1) is 6.10 Å². The molecule has 2 nitrogen and oxygen atoms in total. The van der Waals surface area contributed by atoms with E-state index in [1.807, 2.05) is 13.0 Å². The summed E-state index contributed by atoms with van der Waals surface area (Å²) in [6.07, 6.45) is 0.412. The molecule has 1 aromatic carbocycles. The second-order valence-electron chi connectivity index (χ2n) is 3.78. The van der Waals surface area contributed by atoms with Crippen molar-refractivity contribution in [1.82, 2.24) is 5.32 Å². The molecule has 1 unspecified atom stereocenters. The van der Waals surface area contributed by atoms with Crippen LogP contribution in [0.2, 0.25) is 0 Å². The van der Waals surface area contributed by atoms with Gasteiger partial charge in [-0.05, 0) is 30.5 Å². The van der Waals surface area contributed by atoms with Gasteiger partial charge in [-0.2, -0.15) is 0 Å². The van der Waals surface area contributed by atoms with Gasteiger partial charge in [0.2, 0.25) is 0 Å². The lowest BCUT2D eigenvalue weighted by atomic mass is 10.1. The highest BCUT2D eigenvalue weighted by Gasteiger charge is 2.01. The van der Waals surface area contributed by atoms with Crippen LogP contribution in [0.15, 0.2) is 18.2 Å². The van der Waals surface area contributed by atoms with E-state index in [1.165, 1.54) is 6.07 Å². The molecule has 15 heavy (non-hydrogen) atoms. The minimum atomic E-state index is -0.319. The molecule has 2 N–H and O–H groups in total. The summed E-state index contributed by atoms with van der Waals surface area (Å²) in [4.78, 5) is 0. The predicted molar refractivity (Wildman–Crippen MR) is 59.1 cm³/mol. The Hall–Kier alpha value is -0.930. The Kier molecular flexibility index (Phi) is 4.72. The molecule has 0 heterocycles. The maximum Gasteiger partial charge on any atom is 0.126 e. The van der Waals surface area contributed by atoms with Crippen LogP contribution in [0.1, 0.15) is 24.5 Å². The summed E-state index contributed by atoms with van der Waals surface area (Å²) in [7, 11) is 0. The van der Waals surface area contributed by atoms with Gasteiger partial charge < -0.3 is 10.4 Å². The number of rotatable bonds is 5. The molecule has 0 spiro atoms. The second-order valence-corrected chi connectivity index (χ2v) is 3.78. The Balaban J connectivity index is 2.41. The van der Waals surface area contributed by atoms with Gasteiger partial charge in [0.15, 0.2) is 0 Å². The molecule has 84 valence electrons. The number of aliphatic hydroxyl groups is 1. The summed E-state index contributed by atoms with van der Waals surface area (Å²) in [5, 5.41) is 12.4. The van der Waals surface area contributed by atoms with Gasteiger partial charge in [0.25, 0.3) is 0 Å². The van der Waals surface area contributed by atoms with Crippen LogP contribution < -0.4 is 5.32 Å². The number of hydrogen-bond donors (Lipinski definition) is 2. The minimum absolute atomic E-state index is 0.176. The van der Waals surface area contributed by atoms with Crippen LogP contribution in [-0.4, -0.2) is 17.8 Å². The summed E-state index contributed by atoms with van der Waals surface area (Å²) in [5.74, 6) is -0.176. The van der Waals surface area contributed by atoms with E-state index >= 15 is 0 Å². The van der Waals surface area contributed by atoms with E-state index in [0.29, 0.717) is 18.7 Å². The fourth-order valence-electron chi connectivity index (χ4n) is 1.27. The van der Waals surface area contributed by atoms with Crippen LogP contribution in [0.4, 0.5) is 4.39 Å². The highest BCUT2D eigenvalue weighted by Crippen LogP contribution is 2.08. The highest BCUT2D eigenvalue weighted by molar-refractivity contribution is 5.23. The smallest absolute Gasteiger partial charge is 0.126 e. The number of aliphatic hydroxyl groups excluding tert-OH is 1. The first-order valence-corrected chi connectivity index (χ1v) is 5.27. The van der Waals surface area contributed by atoms with Crippen LogP contribution in [0, 0.1) is 12.7 Å². The third-order valence-corrected chi connectivity index (χ3v) is 2.42. The van der Waals surface area contributed by atoms with Crippen LogP contribution in [0.5, 0.6) is 0 Å². The van der Waals surface area contributed by atoms with E-state index in [1.54, 1.807) is 13.0 Å². The van der Waals surface area contributed by atoms with Crippen LogP contribution in [0.25, 0.3) is 0 Å². The van der Waals surface area contributed by atoms with Gasteiger partial charge >= 0.3 is 0 Å². The predicted octanol–water partition coefficient (Wildman–Crippen LogP) is 1.99. The van der Waals surface area contributed by atoms with Crippen molar-refractivity contribution in [2.45, 2.75) is 32.9 Å². The molecule has 0 saturated heterocycles. The van der Waals surface area contributed by atoms with Crippen LogP contribution >= 0.6 is 0 Å². The molecular weight excluding hydrogens is 193 g/mol. The quantitative estimate of drug-likeness (QED) is 0.780. The molecule has 0 amide bonds. The minimum Gasteiger partial charge on any atom is -0.392 e. The van der Waals surface area contributed by atoms with Crippen molar-refractivity contribution in [1.29, 1.82) is 0 Å². The zero-order valence-corrected chi connectivity index (χ0v) is 9.26. The number of halogens is 1. The SMILES string of the molecule is CCC(O)CNCc1ccc(C)c(F)c1. The van der Waals surface area contributed by atoms with Crippen molar-refractivity contribution in [2.24, 2.45) is 0 Å². The molecule has 0 aliphatic carbocycles. The Morgan fingerprint density at radius 3 is 2.80 bits per heavy atom. The second kappa shape index (κ2) is 5.83. The van der Waals surface area contributed by atoms with Gasteiger partial charge in [0, 0.05) is 13.1 Å². The topological polar surface area (TPSA) is 32.3 Å². The van der Waals surface area contributed by atoms with Gasteiger partial charge in [0.1, 0.15) is 5.82 Å². The Labute approximate surface area is 90.1 Å². The Morgan fingerprint density at radius 2 is 2.20 bits per heavy atom. The molecule has 3 heteroatoms. The van der Waals surface area contributed by atoms with Crippen LogP contribution in [-0.2, 0) is 6.54 Å². The summed E-state index contributed by atoms with van der Waals surface area (Å²) in [5.41, 5.74) is 1.56. The van der Waals surface area contributed by atoms with Gasteiger partial charge in [-0.1, -0.05) is 19.1 Å². The molecule has 1 rings (SSSR count). The van der Waals surface area contributed by atoms with Crippen molar-refractivity contribution in [2.75, 3.05) is 6.54 Å². The first-order valence-electron chi connectivity index (χ1n) is 5.27. The van der Waals surface area contributed by atoms with Crippen molar-refractivity contribution in [3.63, 3.8) is 0 Å². The number of hydrogen-bond acceptors (Lipinski definition) is 2. The molecule has 0 fully saturated rings. The third kappa shape index (κ3) is 3.98. The third-order valence-electron chi connectivity index (χ3n) is 2.42. The number of nitrogens with one attached hydrogen (secondary N) is 1. The van der Waals surface area contributed by atoms with Crippen molar-refractivity contribution in [3.8, 4) is 0 Å². The average Bonchev–Trinajstić information content (AvgIpc) is 2.23. The monoisotopic (exact) mass is 211 g/mol. The maximum atomic E-state index is 13.2. The molecular formula is C12H18FNO. The summed E-state index contributed by atoms with van der Waals surface area (Å²) >= 11 is 0. The van der Waals surface area contributed by atoms with Gasteiger partial charge in [-0.3, -0.25) is 0 Å². The summed E-state index contributed by atoms with van der Waals surface area (Å²) < 4.78 is 13.2. The van der Waals surface area contributed by atoms with Gasteiger partial charge in [-0.25, -0.2) is 4.39 Å². The highest BCUT2D eigenvalue weighted by atomic mass is 19.1. The molecule has 0 aliphatic heterocycles. The van der Waals surface area contributed by atoms with Crippen molar-refractivity contribution >= 4 is 0 Å². The number of aryl methyl sites for hydroxylation is 1. The van der Waals surface area contributed by atoms with E-state index in [9.17, 15) is 9.50 Å². The molecule has 0 radical (unpaired) electrons. The molecule has 0 aromatic heterocycles. The average molecular weight is 211 g/mol. The van der Waals surface area contributed by atoms with Crippen molar-refractivity contribution < 1.29 is 9.50 Å². The van der Waals surface area contributed by atoms with E-state index in [2.05, 4.69) is 5.32 Å². The lowest BCUT2D eigenvalue weighted by Gasteiger charge is -2.09. The standard InChI is InChI=1S/C12H18FNO/c1-3-11(15)8-14-7-10-5-4-9(2)12(13)6-10/h4-6,11,14-15H,3,7-8H2,1-2H3. The summed E-state index contributed by atoms with van der Waals surface area (Å²) in [6, 6.07) is 5.19. The Bertz CT molecular complexity index is 314.